The number of aromatic nitrogens is 2. The lowest BCUT2D eigenvalue weighted by Gasteiger charge is -2.23. The predicted molar refractivity (Wildman–Crippen MR) is 60.7 cm³/mol. The Morgan fingerprint density at radius 1 is 1.33 bits per heavy atom. The van der Waals surface area contributed by atoms with Crippen molar-refractivity contribution in [2.45, 2.75) is 27.4 Å². The van der Waals surface area contributed by atoms with Gasteiger partial charge in [0.05, 0.1) is 12.3 Å². The Kier molecular flexibility index (Phi) is 4.49. The molecular formula is C11H19N3O. The maximum atomic E-state index is 8.85. The van der Waals surface area contributed by atoms with Gasteiger partial charge in [-0.05, 0) is 25.0 Å². The van der Waals surface area contributed by atoms with E-state index in [1.54, 1.807) is 0 Å². The highest BCUT2D eigenvalue weighted by Gasteiger charge is 2.08. The lowest BCUT2D eigenvalue weighted by atomic mass is 10.2. The number of aliphatic hydroxyl groups is 1. The first-order chi connectivity index (χ1) is 7.17. The molecule has 0 atom stereocenters. The van der Waals surface area contributed by atoms with Crippen molar-refractivity contribution in [3.05, 3.63) is 17.8 Å². The molecule has 0 aliphatic carbocycles. The van der Waals surface area contributed by atoms with Gasteiger partial charge in [-0.2, -0.15) is 5.10 Å². The molecule has 4 heteroatoms. The Balaban J connectivity index is 2.74. The molecular weight excluding hydrogens is 190 g/mol. The zero-order chi connectivity index (χ0) is 11.3. The van der Waals surface area contributed by atoms with E-state index in [4.69, 9.17) is 5.11 Å². The van der Waals surface area contributed by atoms with Gasteiger partial charge in [-0.25, -0.2) is 0 Å². The maximum absolute atomic E-state index is 8.85. The summed E-state index contributed by atoms with van der Waals surface area (Å²) in [6.07, 6.45) is 0. The van der Waals surface area contributed by atoms with E-state index in [1.165, 1.54) is 0 Å². The number of aliphatic hydroxyl groups excluding tert-OH is 1. The molecule has 0 aliphatic rings. The van der Waals surface area contributed by atoms with E-state index in [0.29, 0.717) is 11.6 Å². The summed E-state index contributed by atoms with van der Waals surface area (Å²) >= 11 is 0. The molecule has 0 saturated heterocycles. The first-order valence-electron chi connectivity index (χ1n) is 5.35. The normalized spacial score (nSPS) is 10.7. The van der Waals surface area contributed by atoms with Crippen molar-refractivity contribution in [3.8, 4) is 0 Å². The van der Waals surface area contributed by atoms with Crippen LogP contribution in [0, 0.1) is 5.92 Å². The van der Waals surface area contributed by atoms with Crippen LogP contribution in [-0.2, 0) is 6.61 Å². The predicted octanol–water partition coefficient (Wildman–Crippen LogP) is 1.45. The highest BCUT2D eigenvalue weighted by Crippen LogP contribution is 2.11. The van der Waals surface area contributed by atoms with Crippen LogP contribution in [0.1, 0.15) is 26.5 Å². The molecule has 0 aliphatic heterocycles. The average molecular weight is 209 g/mol. The molecule has 0 saturated carbocycles. The van der Waals surface area contributed by atoms with Gasteiger partial charge in [-0.1, -0.05) is 13.8 Å². The molecule has 84 valence electrons. The fraction of sp³-hybridized carbons (Fsp3) is 0.636. The largest absolute Gasteiger partial charge is 0.390 e. The summed E-state index contributed by atoms with van der Waals surface area (Å²) in [4.78, 5) is 2.18. The summed E-state index contributed by atoms with van der Waals surface area (Å²) in [6, 6.07) is 3.72. The Hall–Kier alpha value is -1.16. The minimum absolute atomic E-state index is 0.0520. The van der Waals surface area contributed by atoms with Gasteiger partial charge in [0.2, 0.25) is 0 Å². The quantitative estimate of drug-likeness (QED) is 0.797. The van der Waals surface area contributed by atoms with Crippen LogP contribution in [-0.4, -0.2) is 28.4 Å². The first kappa shape index (κ1) is 11.9. The van der Waals surface area contributed by atoms with Gasteiger partial charge in [0, 0.05) is 13.1 Å². The van der Waals surface area contributed by atoms with Crippen LogP contribution >= 0.6 is 0 Å². The Morgan fingerprint density at radius 3 is 2.47 bits per heavy atom. The summed E-state index contributed by atoms with van der Waals surface area (Å²) in [7, 11) is 0. The van der Waals surface area contributed by atoms with Gasteiger partial charge in [0.1, 0.15) is 0 Å². The van der Waals surface area contributed by atoms with Gasteiger partial charge < -0.3 is 10.0 Å². The third-order valence-corrected chi connectivity index (χ3v) is 2.16. The molecule has 0 aromatic carbocycles. The van der Waals surface area contributed by atoms with Crippen LogP contribution in [0.25, 0.3) is 0 Å². The van der Waals surface area contributed by atoms with Crippen molar-refractivity contribution >= 4 is 5.82 Å². The molecule has 1 heterocycles. The molecule has 0 amide bonds. The Bertz CT molecular complexity index is 284. The van der Waals surface area contributed by atoms with Crippen molar-refractivity contribution in [2.24, 2.45) is 5.92 Å². The van der Waals surface area contributed by atoms with Crippen LogP contribution in [0.15, 0.2) is 12.1 Å². The number of anilines is 1. The van der Waals surface area contributed by atoms with Crippen LogP contribution in [0.5, 0.6) is 0 Å². The third-order valence-electron chi connectivity index (χ3n) is 2.16. The lowest BCUT2D eigenvalue weighted by molar-refractivity contribution is 0.275. The van der Waals surface area contributed by atoms with Gasteiger partial charge in [-0.15, -0.1) is 5.10 Å². The lowest BCUT2D eigenvalue weighted by Crippen LogP contribution is -2.28. The maximum Gasteiger partial charge on any atom is 0.151 e. The monoisotopic (exact) mass is 209 g/mol. The summed E-state index contributed by atoms with van der Waals surface area (Å²) in [5, 5.41) is 16.9. The zero-order valence-electron chi connectivity index (χ0n) is 9.64. The van der Waals surface area contributed by atoms with E-state index < -0.39 is 0 Å². The second-order valence-electron chi connectivity index (χ2n) is 3.97. The molecule has 1 aromatic heterocycles. The van der Waals surface area contributed by atoms with Crippen LogP contribution in [0.3, 0.4) is 0 Å². The Morgan fingerprint density at radius 2 is 2.07 bits per heavy atom. The number of nitrogens with zero attached hydrogens (tertiary/aromatic N) is 3. The molecule has 0 radical (unpaired) electrons. The number of hydrogen-bond donors (Lipinski definition) is 1. The number of hydrogen-bond acceptors (Lipinski definition) is 4. The molecule has 1 N–H and O–H groups in total. The van der Waals surface area contributed by atoms with Crippen molar-refractivity contribution in [1.82, 2.24) is 10.2 Å². The molecule has 4 nitrogen and oxygen atoms in total. The topological polar surface area (TPSA) is 49.2 Å². The van der Waals surface area contributed by atoms with Gasteiger partial charge >= 0.3 is 0 Å². The Labute approximate surface area is 90.9 Å². The molecule has 0 fully saturated rings. The molecule has 0 bridgehead atoms. The van der Waals surface area contributed by atoms with Crippen molar-refractivity contribution < 1.29 is 5.11 Å². The minimum Gasteiger partial charge on any atom is -0.390 e. The summed E-state index contributed by atoms with van der Waals surface area (Å²) in [5.41, 5.74) is 0.611. The molecule has 1 rings (SSSR count). The highest BCUT2D eigenvalue weighted by molar-refractivity contribution is 5.36. The van der Waals surface area contributed by atoms with Gasteiger partial charge in [0.15, 0.2) is 5.82 Å². The standard InChI is InChI=1S/C11H19N3O/c1-4-14(7-9(2)3)11-6-5-10(8-15)12-13-11/h5-6,9,15H,4,7-8H2,1-3H3. The summed E-state index contributed by atoms with van der Waals surface area (Å²) in [6.45, 7) is 8.30. The van der Waals surface area contributed by atoms with E-state index in [-0.39, 0.29) is 6.61 Å². The van der Waals surface area contributed by atoms with Crippen LogP contribution in [0.4, 0.5) is 5.82 Å². The van der Waals surface area contributed by atoms with Crippen molar-refractivity contribution in [3.63, 3.8) is 0 Å². The van der Waals surface area contributed by atoms with Gasteiger partial charge in [0.25, 0.3) is 0 Å². The molecule has 1 aromatic rings. The summed E-state index contributed by atoms with van der Waals surface area (Å²) < 4.78 is 0. The molecule has 0 unspecified atom stereocenters. The van der Waals surface area contributed by atoms with Crippen LogP contribution in [0.2, 0.25) is 0 Å². The fourth-order valence-electron chi connectivity index (χ4n) is 1.43. The zero-order valence-corrected chi connectivity index (χ0v) is 9.64. The second kappa shape index (κ2) is 5.66. The fourth-order valence-corrected chi connectivity index (χ4v) is 1.43. The van der Waals surface area contributed by atoms with E-state index in [0.717, 1.165) is 18.9 Å². The van der Waals surface area contributed by atoms with E-state index in [1.807, 2.05) is 12.1 Å². The van der Waals surface area contributed by atoms with E-state index in [2.05, 4.69) is 35.9 Å². The second-order valence-corrected chi connectivity index (χ2v) is 3.97. The smallest absolute Gasteiger partial charge is 0.151 e. The highest BCUT2D eigenvalue weighted by atomic mass is 16.3. The van der Waals surface area contributed by atoms with Crippen LogP contribution < -0.4 is 4.90 Å². The number of rotatable bonds is 5. The SMILES string of the molecule is CCN(CC(C)C)c1ccc(CO)nn1. The van der Waals surface area contributed by atoms with Crippen molar-refractivity contribution in [1.29, 1.82) is 0 Å². The van der Waals surface area contributed by atoms with E-state index in [9.17, 15) is 0 Å². The van der Waals surface area contributed by atoms with Gasteiger partial charge in [-0.3, -0.25) is 0 Å². The summed E-state index contributed by atoms with van der Waals surface area (Å²) in [5.74, 6) is 1.48. The first-order valence-corrected chi connectivity index (χ1v) is 5.35. The molecule has 0 spiro atoms. The van der Waals surface area contributed by atoms with E-state index >= 15 is 0 Å². The average Bonchev–Trinajstić information content (AvgIpc) is 2.26. The minimum atomic E-state index is -0.0520. The van der Waals surface area contributed by atoms with Crippen molar-refractivity contribution in [2.75, 3.05) is 18.0 Å². The molecule has 15 heavy (non-hydrogen) atoms. The third kappa shape index (κ3) is 3.47.